The molecule has 19 heavy (non-hydrogen) atoms. The van der Waals surface area contributed by atoms with Crippen molar-refractivity contribution in [2.75, 3.05) is 37.6 Å². The average Bonchev–Trinajstić information content (AvgIpc) is 2.63. The van der Waals surface area contributed by atoms with Crippen molar-refractivity contribution in [3.05, 3.63) is 0 Å². The molecule has 0 aliphatic heterocycles. The van der Waals surface area contributed by atoms with Crippen LogP contribution in [-0.2, 0) is 20.4 Å². The van der Waals surface area contributed by atoms with Crippen molar-refractivity contribution < 1.29 is 16.8 Å². The van der Waals surface area contributed by atoms with Crippen LogP contribution in [0, 0.1) is 0 Å². The summed E-state index contributed by atoms with van der Waals surface area (Å²) in [5.41, 5.74) is 0. The zero-order valence-corrected chi connectivity index (χ0v) is 13.1. The third-order valence-electron chi connectivity index (χ3n) is 1.82. The highest BCUT2D eigenvalue weighted by Crippen LogP contribution is 2.22. The molecule has 10 nitrogen and oxygen atoms in total. The van der Waals surface area contributed by atoms with Gasteiger partial charge in [0.25, 0.3) is 0 Å². The first-order valence-electron chi connectivity index (χ1n) is 4.78. The van der Waals surface area contributed by atoms with E-state index in [0.29, 0.717) is 0 Å². The van der Waals surface area contributed by atoms with Crippen LogP contribution in [0.5, 0.6) is 0 Å². The molecule has 0 spiro atoms. The second-order valence-electron chi connectivity index (χ2n) is 3.69. The predicted octanol–water partition coefficient (Wildman–Crippen LogP) is -1.03. The van der Waals surface area contributed by atoms with Gasteiger partial charge in [-0.15, -0.1) is 10.2 Å². The molecule has 1 aromatic rings. The van der Waals surface area contributed by atoms with Gasteiger partial charge >= 0.3 is 20.4 Å². The van der Waals surface area contributed by atoms with Crippen LogP contribution in [0.15, 0.2) is 0 Å². The zero-order chi connectivity index (χ0) is 14.8. The molecule has 1 heterocycles. The minimum Gasteiger partial charge on any atom is -0.244 e. The molecule has 0 unspecified atom stereocenters. The van der Waals surface area contributed by atoms with Gasteiger partial charge in [-0.25, -0.2) is 9.44 Å². The summed E-state index contributed by atoms with van der Waals surface area (Å²) in [6.07, 6.45) is 0. The molecule has 0 aromatic carbocycles. The summed E-state index contributed by atoms with van der Waals surface area (Å²) in [6.45, 7) is 0. The van der Waals surface area contributed by atoms with Gasteiger partial charge in [0.2, 0.25) is 10.3 Å². The van der Waals surface area contributed by atoms with Gasteiger partial charge < -0.3 is 0 Å². The molecule has 0 fully saturated rings. The number of hydrogen-bond donors (Lipinski definition) is 2. The molecule has 1 aromatic heterocycles. The summed E-state index contributed by atoms with van der Waals surface area (Å²) in [6, 6.07) is 0. The van der Waals surface area contributed by atoms with Crippen molar-refractivity contribution in [3.63, 3.8) is 0 Å². The number of hydrogen-bond acceptors (Lipinski definition) is 7. The van der Waals surface area contributed by atoms with Crippen LogP contribution >= 0.6 is 11.3 Å². The molecule has 110 valence electrons. The number of anilines is 2. The van der Waals surface area contributed by atoms with Crippen LogP contribution in [0.25, 0.3) is 0 Å². The molecule has 0 aliphatic rings. The SMILES string of the molecule is CN(C)S(=O)(=O)Nc1nnc(NS(=O)(=O)N(C)C)s1. The van der Waals surface area contributed by atoms with E-state index < -0.39 is 20.4 Å². The van der Waals surface area contributed by atoms with E-state index in [1.54, 1.807) is 0 Å². The van der Waals surface area contributed by atoms with Crippen molar-refractivity contribution in [2.45, 2.75) is 0 Å². The number of nitrogens with zero attached hydrogens (tertiary/aromatic N) is 4. The highest BCUT2D eigenvalue weighted by atomic mass is 32.2. The van der Waals surface area contributed by atoms with Crippen LogP contribution in [-0.4, -0.2) is 63.8 Å². The van der Waals surface area contributed by atoms with Crippen LogP contribution in [0.1, 0.15) is 0 Å². The summed E-state index contributed by atoms with van der Waals surface area (Å²) in [5.74, 6) is 0. The number of aromatic nitrogens is 2. The topological polar surface area (TPSA) is 125 Å². The van der Waals surface area contributed by atoms with Crippen LogP contribution in [0.4, 0.5) is 10.3 Å². The summed E-state index contributed by atoms with van der Waals surface area (Å²) in [5, 5.41) is 6.99. The first-order chi connectivity index (χ1) is 8.54. The second-order valence-corrected chi connectivity index (χ2v) is 8.44. The summed E-state index contributed by atoms with van der Waals surface area (Å²) >= 11 is 0.765. The van der Waals surface area contributed by atoms with E-state index in [4.69, 9.17) is 0 Å². The van der Waals surface area contributed by atoms with Gasteiger partial charge in [0, 0.05) is 28.2 Å². The van der Waals surface area contributed by atoms with E-state index in [2.05, 4.69) is 19.6 Å². The summed E-state index contributed by atoms with van der Waals surface area (Å²) in [7, 11) is -2.00. The fourth-order valence-electron chi connectivity index (χ4n) is 0.709. The van der Waals surface area contributed by atoms with E-state index in [9.17, 15) is 16.8 Å². The lowest BCUT2D eigenvalue weighted by atomic mass is 11.3. The maximum Gasteiger partial charge on any atom is 0.302 e. The van der Waals surface area contributed by atoms with Gasteiger partial charge in [-0.2, -0.15) is 25.4 Å². The lowest BCUT2D eigenvalue weighted by Gasteiger charge is -2.11. The van der Waals surface area contributed by atoms with Crippen LogP contribution in [0.3, 0.4) is 0 Å². The largest absolute Gasteiger partial charge is 0.302 e. The van der Waals surface area contributed by atoms with Gasteiger partial charge in [-0.05, 0) is 0 Å². The Labute approximate surface area is 115 Å². The van der Waals surface area contributed by atoms with Crippen molar-refractivity contribution >= 4 is 42.0 Å². The molecule has 0 aliphatic carbocycles. The molecular formula is C6H14N6O4S3. The monoisotopic (exact) mass is 330 g/mol. The average molecular weight is 330 g/mol. The third kappa shape index (κ3) is 4.24. The standard InChI is InChI=1S/C6H14N6O4S3/c1-11(2)18(13,14)9-5-7-8-6(17-5)10-19(15,16)12(3)4/h1-4H3,(H,7,9)(H,8,10). The minimum absolute atomic E-state index is 0.0369. The lowest BCUT2D eigenvalue weighted by Crippen LogP contribution is -2.29. The summed E-state index contributed by atoms with van der Waals surface area (Å²) < 4.78 is 52.2. The molecular weight excluding hydrogens is 316 g/mol. The van der Waals surface area contributed by atoms with E-state index >= 15 is 0 Å². The molecule has 0 bridgehead atoms. The van der Waals surface area contributed by atoms with Gasteiger partial charge in [0.1, 0.15) is 0 Å². The first-order valence-corrected chi connectivity index (χ1v) is 8.48. The predicted molar refractivity (Wildman–Crippen MR) is 72.4 cm³/mol. The Hall–Kier alpha value is -1.02. The Morgan fingerprint density at radius 2 is 1.16 bits per heavy atom. The highest BCUT2D eigenvalue weighted by Gasteiger charge is 2.19. The number of nitrogens with one attached hydrogen (secondary N) is 2. The maximum atomic E-state index is 11.5. The lowest BCUT2D eigenvalue weighted by molar-refractivity contribution is 0.525. The fourth-order valence-corrected chi connectivity index (χ4v) is 2.91. The molecule has 0 atom stereocenters. The van der Waals surface area contributed by atoms with Gasteiger partial charge in [0.15, 0.2) is 0 Å². The Morgan fingerprint density at radius 3 is 1.42 bits per heavy atom. The fraction of sp³-hybridized carbons (Fsp3) is 0.667. The summed E-state index contributed by atoms with van der Waals surface area (Å²) in [4.78, 5) is 0. The maximum absolute atomic E-state index is 11.5. The quantitative estimate of drug-likeness (QED) is 0.687. The minimum atomic E-state index is -3.69. The van der Waals surface area contributed by atoms with Crippen molar-refractivity contribution in [3.8, 4) is 0 Å². The van der Waals surface area contributed by atoms with E-state index in [-0.39, 0.29) is 10.3 Å². The zero-order valence-electron chi connectivity index (χ0n) is 10.6. The Bertz CT molecular complexity index is 579. The molecule has 13 heteroatoms. The van der Waals surface area contributed by atoms with Crippen LogP contribution in [0.2, 0.25) is 0 Å². The molecule has 0 saturated carbocycles. The molecule has 1 rings (SSSR count). The molecule has 0 amide bonds. The van der Waals surface area contributed by atoms with Gasteiger partial charge in [-0.1, -0.05) is 11.3 Å². The smallest absolute Gasteiger partial charge is 0.244 e. The normalized spacial score (nSPS) is 12.9. The molecule has 0 saturated heterocycles. The van der Waals surface area contributed by atoms with Crippen LogP contribution < -0.4 is 9.44 Å². The van der Waals surface area contributed by atoms with E-state index in [1.165, 1.54) is 28.2 Å². The van der Waals surface area contributed by atoms with E-state index in [0.717, 1.165) is 19.9 Å². The highest BCUT2D eigenvalue weighted by molar-refractivity contribution is 7.91. The molecule has 0 radical (unpaired) electrons. The van der Waals surface area contributed by atoms with Crippen molar-refractivity contribution in [1.82, 2.24) is 18.8 Å². The van der Waals surface area contributed by atoms with Gasteiger partial charge in [0.05, 0.1) is 0 Å². The third-order valence-corrected chi connectivity index (χ3v) is 5.66. The van der Waals surface area contributed by atoms with Gasteiger partial charge in [-0.3, -0.25) is 0 Å². The van der Waals surface area contributed by atoms with Crippen molar-refractivity contribution in [2.24, 2.45) is 0 Å². The first kappa shape index (κ1) is 16.0. The molecule has 2 N–H and O–H groups in total. The Morgan fingerprint density at radius 1 is 0.842 bits per heavy atom. The second kappa shape index (κ2) is 5.54. The Balaban J connectivity index is 2.85. The Kier molecular flexibility index (Phi) is 4.67. The number of rotatable bonds is 6. The van der Waals surface area contributed by atoms with Crippen molar-refractivity contribution in [1.29, 1.82) is 0 Å². The van der Waals surface area contributed by atoms with E-state index in [1.807, 2.05) is 0 Å².